The molecule has 1 fully saturated rings. The van der Waals surface area contributed by atoms with E-state index in [1.807, 2.05) is 17.2 Å². The molecule has 3 rings (SSSR count). The van der Waals surface area contributed by atoms with Crippen molar-refractivity contribution in [2.45, 2.75) is 57.8 Å². The van der Waals surface area contributed by atoms with Gasteiger partial charge in [0.25, 0.3) is 5.91 Å². The number of allylic oxidation sites excluding steroid dienone is 1. The Morgan fingerprint density at radius 1 is 1.08 bits per heavy atom. The molecular formula is C20H29N3O. The number of hydrogen-bond donors (Lipinski definition) is 1. The Morgan fingerprint density at radius 3 is 2.67 bits per heavy atom. The first-order valence-corrected chi connectivity index (χ1v) is 9.49. The van der Waals surface area contributed by atoms with Crippen LogP contribution in [0.3, 0.4) is 0 Å². The molecule has 2 aliphatic rings. The Bertz CT molecular complexity index is 574. The maximum Gasteiger partial charge on any atom is 0.255 e. The summed E-state index contributed by atoms with van der Waals surface area (Å²) < 4.78 is 0. The van der Waals surface area contributed by atoms with Crippen molar-refractivity contribution in [3.63, 3.8) is 0 Å². The molecule has 0 bridgehead atoms. The average molecular weight is 327 g/mol. The van der Waals surface area contributed by atoms with Gasteiger partial charge >= 0.3 is 0 Å². The van der Waals surface area contributed by atoms with E-state index in [9.17, 15) is 4.79 Å². The second kappa shape index (κ2) is 8.86. The van der Waals surface area contributed by atoms with Crippen molar-refractivity contribution in [2.75, 3.05) is 25.0 Å². The van der Waals surface area contributed by atoms with Gasteiger partial charge in [0.2, 0.25) is 0 Å². The molecule has 0 spiro atoms. The molecule has 0 unspecified atom stereocenters. The highest BCUT2D eigenvalue weighted by Gasteiger charge is 2.17. The third kappa shape index (κ3) is 4.83. The van der Waals surface area contributed by atoms with Gasteiger partial charge in [-0.3, -0.25) is 9.78 Å². The molecule has 130 valence electrons. The molecule has 1 aromatic rings. The van der Waals surface area contributed by atoms with Gasteiger partial charge in [0.05, 0.1) is 11.3 Å². The standard InChI is InChI=1S/C20H29N3O/c24-20(23-12-6-1-2-7-13-23)18-14-19(16-21-15-18)22-11-10-17-8-4-3-5-9-17/h8,14-16,22H,1-7,9-13H2. The lowest BCUT2D eigenvalue weighted by Crippen LogP contribution is -2.31. The third-order valence-corrected chi connectivity index (χ3v) is 5.04. The highest BCUT2D eigenvalue weighted by molar-refractivity contribution is 5.94. The van der Waals surface area contributed by atoms with Crippen LogP contribution in [0.5, 0.6) is 0 Å². The molecule has 4 nitrogen and oxygen atoms in total. The van der Waals surface area contributed by atoms with Crippen LogP contribution in [-0.2, 0) is 0 Å². The number of amides is 1. The Kier molecular flexibility index (Phi) is 6.27. The molecule has 1 aromatic heterocycles. The maximum atomic E-state index is 12.7. The summed E-state index contributed by atoms with van der Waals surface area (Å²) in [6, 6.07) is 1.95. The van der Waals surface area contributed by atoms with Crippen LogP contribution in [0.4, 0.5) is 5.69 Å². The third-order valence-electron chi connectivity index (χ3n) is 5.04. The number of nitrogens with one attached hydrogen (secondary N) is 1. The zero-order valence-electron chi connectivity index (χ0n) is 14.6. The molecule has 1 N–H and O–H groups in total. The fourth-order valence-electron chi connectivity index (χ4n) is 3.61. The molecule has 24 heavy (non-hydrogen) atoms. The first kappa shape index (κ1) is 17.0. The summed E-state index contributed by atoms with van der Waals surface area (Å²) in [6.07, 6.45) is 16.8. The Morgan fingerprint density at radius 2 is 1.92 bits per heavy atom. The molecule has 0 radical (unpaired) electrons. The van der Waals surface area contributed by atoms with Gasteiger partial charge in [0, 0.05) is 32.0 Å². The van der Waals surface area contributed by atoms with Crippen molar-refractivity contribution < 1.29 is 4.79 Å². The van der Waals surface area contributed by atoms with Crippen LogP contribution in [0.2, 0.25) is 0 Å². The van der Waals surface area contributed by atoms with Crippen LogP contribution in [0.1, 0.15) is 68.1 Å². The Balaban J connectivity index is 1.54. The lowest BCUT2D eigenvalue weighted by Gasteiger charge is -2.20. The maximum absolute atomic E-state index is 12.7. The van der Waals surface area contributed by atoms with Crippen LogP contribution in [0, 0.1) is 0 Å². The van der Waals surface area contributed by atoms with E-state index < -0.39 is 0 Å². The van der Waals surface area contributed by atoms with Gasteiger partial charge in [-0.1, -0.05) is 24.5 Å². The minimum Gasteiger partial charge on any atom is -0.383 e. The second-order valence-corrected chi connectivity index (χ2v) is 6.95. The minimum atomic E-state index is 0.128. The van der Waals surface area contributed by atoms with Crippen molar-refractivity contribution in [3.05, 3.63) is 35.7 Å². The zero-order chi connectivity index (χ0) is 16.6. The predicted octanol–water partition coefficient (Wildman–Crippen LogP) is 4.40. The van der Waals surface area contributed by atoms with E-state index in [1.165, 1.54) is 38.5 Å². The number of carbonyl (C=O) groups excluding carboxylic acids is 1. The van der Waals surface area contributed by atoms with Crippen molar-refractivity contribution in [1.82, 2.24) is 9.88 Å². The Hall–Kier alpha value is -1.84. The number of pyridine rings is 1. The first-order valence-electron chi connectivity index (χ1n) is 9.49. The number of aromatic nitrogens is 1. The highest BCUT2D eigenvalue weighted by Crippen LogP contribution is 2.20. The quantitative estimate of drug-likeness (QED) is 0.815. The predicted molar refractivity (Wildman–Crippen MR) is 98.3 cm³/mol. The molecule has 2 heterocycles. The van der Waals surface area contributed by atoms with Gasteiger partial charge in [-0.05, 0) is 51.0 Å². The SMILES string of the molecule is O=C(c1cncc(NCCC2=CCCCC2)c1)N1CCCCCC1. The first-order chi connectivity index (χ1) is 11.8. The smallest absolute Gasteiger partial charge is 0.255 e. The van der Waals surface area contributed by atoms with Crippen LogP contribution < -0.4 is 5.32 Å². The van der Waals surface area contributed by atoms with Gasteiger partial charge in [-0.2, -0.15) is 0 Å². The molecule has 0 saturated carbocycles. The van der Waals surface area contributed by atoms with Crippen LogP contribution in [0.15, 0.2) is 30.1 Å². The van der Waals surface area contributed by atoms with E-state index in [1.54, 1.807) is 11.8 Å². The monoisotopic (exact) mass is 327 g/mol. The van der Waals surface area contributed by atoms with Crippen molar-refractivity contribution in [3.8, 4) is 0 Å². The zero-order valence-corrected chi connectivity index (χ0v) is 14.6. The van der Waals surface area contributed by atoms with Crippen LogP contribution in [0.25, 0.3) is 0 Å². The van der Waals surface area contributed by atoms with E-state index in [0.717, 1.165) is 44.6 Å². The number of likely N-dealkylation sites (tertiary alicyclic amines) is 1. The minimum absolute atomic E-state index is 0.128. The largest absolute Gasteiger partial charge is 0.383 e. The van der Waals surface area contributed by atoms with Gasteiger partial charge < -0.3 is 10.2 Å². The summed E-state index contributed by atoms with van der Waals surface area (Å²) in [6.45, 7) is 2.67. The van der Waals surface area contributed by atoms with Gasteiger partial charge in [0.1, 0.15) is 0 Å². The lowest BCUT2D eigenvalue weighted by atomic mass is 9.97. The summed E-state index contributed by atoms with van der Waals surface area (Å²) in [5, 5.41) is 3.43. The fourth-order valence-corrected chi connectivity index (χ4v) is 3.61. The van der Waals surface area contributed by atoms with E-state index >= 15 is 0 Å². The van der Waals surface area contributed by atoms with E-state index in [4.69, 9.17) is 0 Å². The summed E-state index contributed by atoms with van der Waals surface area (Å²) in [5.41, 5.74) is 3.23. The van der Waals surface area contributed by atoms with Gasteiger partial charge in [0.15, 0.2) is 0 Å². The van der Waals surface area contributed by atoms with E-state index in [0.29, 0.717) is 5.56 Å². The molecule has 1 aliphatic heterocycles. The normalized spacial score (nSPS) is 18.7. The van der Waals surface area contributed by atoms with Gasteiger partial charge in [-0.25, -0.2) is 0 Å². The molecule has 1 amide bonds. The summed E-state index contributed by atoms with van der Waals surface area (Å²) in [4.78, 5) is 18.9. The molecule has 1 aliphatic carbocycles. The Labute approximate surface area is 145 Å². The number of anilines is 1. The van der Waals surface area contributed by atoms with Crippen LogP contribution in [-0.4, -0.2) is 35.4 Å². The van der Waals surface area contributed by atoms with E-state index in [2.05, 4.69) is 16.4 Å². The molecule has 0 atom stereocenters. The summed E-state index contributed by atoms with van der Waals surface area (Å²) >= 11 is 0. The van der Waals surface area contributed by atoms with Crippen molar-refractivity contribution >= 4 is 11.6 Å². The topological polar surface area (TPSA) is 45.2 Å². The molecule has 1 saturated heterocycles. The second-order valence-electron chi connectivity index (χ2n) is 6.95. The number of nitrogens with zero attached hydrogens (tertiary/aromatic N) is 2. The van der Waals surface area contributed by atoms with Crippen molar-refractivity contribution in [2.24, 2.45) is 0 Å². The number of hydrogen-bond acceptors (Lipinski definition) is 3. The lowest BCUT2D eigenvalue weighted by molar-refractivity contribution is 0.0761. The highest BCUT2D eigenvalue weighted by atomic mass is 16.2. The average Bonchev–Trinajstić information content (AvgIpc) is 2.92. The van der Waals surface area contributed by atoms with E-state index in [-0.39, 0.29) is 5.91 Å². The molecule has 4 heteroatoms. The molecular weight excluding hydrogens is 298 g/mol. The summed E-state index contributed by atoms with van der Waals surface area (Å²) in [7, 11) is 0. The van der Waals surface area contributed by atoms with Crippen molar-refractivity contribution in [1.29, 1.82) is 0 Å². The van der Waals surface area contributed by atoms with Crippen LogP contribution >= 0.6 is 0 Å². The number of rotatable bonds is 5. The molecule has 0 aromatic carbocycles. The number of carbonyl (C=O) groups is 1. The fraction of sp³-hybridized carbons (Fsp3) is 0.600. The van der Waals surface area contributed by atoms with Gasteiger partial charge in [-0.15, -0.1) is 0 Å². The summed E-state index contributed by atoms with van der Waals surface area (Å²) in [5.74, 6) is 0.128.